The second kappa shape index (κ2) is 7.28. The first-order valence-corrected chi connectivity index (χ1v) is 9.07. The molecule has 1 saturated heterocycles. The van der Waals surface area contributed by atoms with Gasteiger partial charge in [-0.3, -0.25) is 9.59 Å². The smallest absolute Gasteiger partial charge is 0.229 e. The van der Waals surface area contributed by atoms with Gasteiger partial charge in [0.05, 0.1) is 17.8 Å². The zero-order chi connectivity index (χ0) is 18.8. The fourth-order valence-electron chi connectivity index (χ4n) is 2.94. The molecular formula is C18H15BrN6O2. The van der Waals surface area contributed by atoms with Gasteiger partial charge in [0.15, 0.2) is 5.82 Å². The molecule has 27 heavy (non-hydrogen) atoms. The van der Waals surface area contributed by atoms with Crippen molar-refractivity contribution in [2.24, 2.45) is 5.92 Å². The van der Waals surface area contributed by atoms with Crippen LogP contribution in [0.4, 0.5) is 11.4 Å². The topological polar surface area (TPSA) is 93.0 Å². The predicted molar refractivity (Wildman–Crippen MR) is 102 cm³/mol. The van der Waals surface area contributed by atoms with E-state index in [0.717, 1.165) is 10.2 Å². The Morgan fingerprint density at radius 2 is 2.15 bits per heavy atom. The maximum atomic E-state index is 12.6. The lowest BCUT2D eigenvalue weighted by Gasteiger charge is -2.17. The molecule has 1 N–H and O–H groups in total. The van der Waals surface area contributed by atoms with Crippen LogP contribution in [0.3, 0.4) is 0 Å². The highest BCUT2D eigenvalue weighted by Crippen LogP contribution is 2.28. The molecule has 1 fully saturated rings. The molecule has 0 bridgehead atoms. The van der Waals surface area contributed by atoms with E-state index in [2.05, 4.69) is 36.3 Å². The van der Waals surface area contributed by atoms with Gasteiger partial charge in [0.1, 0.15) is 12.7 Å². The van der Waals surface area contributed by atoms with Gasteiger partial charge in [-0.2, -0.15) is 5.10 Å². The Hall–Kier alpha value is -3.07. The summed E-state index contributed by atoms with van der Waals surface area (Å²) in [6, 6.07) is 11.0. The molecule has 2 aromatic heterocycles. The summed E-state index contributed by atoms with van der Waals surface area (Å²) in [7, 11) is 0. The van der Waals surface area contributed by atoms with Gasteiger partial charge in [0.2, 0.25) is 11.8 Å². The summed E-state index contributed by atoms with van der Waals surface area (Å²) < 4.78 is 2.41. The number of carbonyl (C=O) groups is 2. The zero-order valence-electron chi connectivity index (χ0n) is 14.1. The molecular weight excluding hydrogens is 412 g/mol. The molecule has 3 heterocycles. The molecule has 1 atom stereocenters. The van der Waals surface area contributed by atoms with Crippen LogP contribution in [-0.2, 0) is 9.59 Å². The van der Waals surface area contributed by atoms with Crippen LogP contribution in [0.25, 0.3) is 5.82 Å². The van der Waals surface area contributed by atoms with Crippen molar-refractivity contribution in [3.63, 3.8) is 0 Å². The fraction of sp³-hybridized carbons (Fsp3) is 0.167. The number of nitrogens with one attached hydrogen (secondary N) is 1. The van der Waals surface area contributed by atoms with E-state index in [-0.39, 0.29) is 18.2 Å². The molecule has 0 spiro atoms. The van der Waals surface area contributed by atoms with E-state index in [1.54, 1.807) is 29.6 Å². The number of halogens is 1. The molecule has 136 valence electrons. The number of hydrogen-bond acceptors (Lipinski definition) is 5. The normalized spacial score (nSPS) is 16.6. The van der Waals surface area contributed by atoms with Gasteiger partial charge < -0.3 is 10.2 Å². The van der Waals surface area contributed by atoms with Crippen LogP contribution in [0, 0.1) is 5.92 Å². The van der Waals surface area contributed by atoms with Gasteiger partial charge in [-0.1, -0.05) is 22.0 Å². The Morgan fingerprint density at radius 3 is 2.85 bits per heavy atom. The van der Waals surface area contributed by atoms with E-state index in [9.17, 15) is 9.59 Å². The van der Waals surface area contributed by atoms with E-state index in [0.29, 0.717) is 18.1 Å². The monoisotopic (exact) mass is 426 g/mol. The number of amides is 2. The Kier molecular flexibility index (Phi) is 4.68. The Balaban J connectivity index is 1.42. The highest BCUT2D eigenvalue weighted by atomic mass is 79.9. The number of carbonyl (C=O) groups excluding carboxylic acids is 2. The minimum atomic E-state index is -0.411. The number of benzene rings is 1. The second-order valence-electron chi connectivity index (χ2n) is 6.12. The first kappa shape index (κ1) is 17.3. The molecule has 1 aliphatic rings. The SMILES string of the molecule is O=C(Nc1ccc(-n2cncn2)nc1)C1CC(=O)N(c2cccc(Br)c2)C1. The van der Waals surface area contributed by atoms with Gasteiger partial charge in [-0.25, -0.2) is 14.6 Å². The van der Waals surface area contributed by atoms with Crippen LogP contribution in [0.15, 0.2) is 59.7 Å². The minimum Gasteiger partial charge on any atom is -0.324 e. The Bertz CT molecular complexity index is 974. The highest BCUT2D eigenvalue weighted by molar-refractivity contribution is 9.10. The summed E-state index contributed by atoms with van der Waals surface area (Å²) in [5.74, 6) is -0.0714. The number of pyridine rings is 1. The molecule has 2 amide bonds. The van der Waals surface area contributed by atoms with Crippen LogP contribution in [0.1, 0.15) is 6.42 Å². The Morgan fingerprint density at radius 1 is 1.26 bits per heavy atom. The third-order valence-corrected chi connectivity index (χ3v) is 4.78. The van der Waals surface area contributed by atoms with E-state index in [1.807, 2.05) is 24.3 Å². The van der Waals surface area contributed by atoms with Crippen molar-refractivity contribution in [3.05, 3.63) is 59.7 Å². The summed E-state index contributed by atoms with van der Waals surface area (Å²) in [6.07, 6.45) is 4.70. The lowest BCUT2D eigenvalue weighted by molar-refractivity contribution is -0.122. The lowest BCUT2D eigenvalue weighted by atomic mass is 10.1. The predicted octanol–water partition coefficient (Wildman–Crippen LogP) is 2.42. The molecule has 1 aliphatic heterocycles. The van der Waals surface area contributed by atoms with Crippen molar-refractivity contribution in [1.82, 2.24) is 19.7 Å². The number of aromatic nitrogens is 4. The largest absolute Gasteiger partial charge is 0.324 e. The van der Waals surface area contributed by atoms with Crippen LogP contribution in [-0.4, -0.2) is 38.1 Å². The summed E-state index contributed by atoms with van der Waals surface area (Å²) in [5, 5.41) is 6.83. The molecule has 0 radical (unpaired) electrons. The number of anilines is 2. The Labute approximate surface area is 163 Å². The number of nitrogens with zero attached hydrogens (tertiary/aromatic N) is 5. The van der Waals surface area contributed by atoms with Crippen molar-refractivity contribution in [3.8, 4) is 5.82 Å². The molecule has 0 saturated carbocycles. The third-order valence-electron chi connectivity index (χ3n) is 4.28. The zero-order valence-corrected chi connectivity index (χ0v) is 15.7. The fourth-order valence-corrected chi connectivity index (χ4v) is 3.33. The van der Waals surface area contributed by atoms with Gasteiger partial charge in [-0.05, 0) is 30.3 Å². The van der Waals surface area contributed by atoms with Crippen LogP contribution < -0.4 is 10.2 Å². The summed E-state index contributed by atoms with van der Waals surface area (Å²) in [5.41, 5.74) is 1.35. The van der Waals surface area contributed by atoms with Gasteiger partial charge in [0.25, 0.3) is 0 Å². The van der Waals surface area contributed by atoms with Crippen molar-refractivity contribution >= 4 is 39.1 Å². The van der Waals surface area contributed by atoms with Gasteiger partial charge >= 0.3 is 0 Å². The van der Waals surface area contributed by atoms with E-state index in [4.69, 9.17) is 0 Å². The van der Waals surface area contributed by atoms with E-state index in [1.165, 1.54) is 11.0 Å². The maximum absolute atomic E-state index is 12.6. The van der Waals surface area contributed by atoms with Crippen molar-refractivity contribution in [2.75, 3.05) is 16.8 Å². The standard InChI is InChI=1S/C18H15BrN6O2/c19-13-2-1-3-15(7-13)24-9-12(6-17(24)26)18(27)23-14-4-5-16(21-8-14)25-11-20-10-22-25/h1-5,7-8,10-12H,6,9H2,(H,23,27). The van der Waals surface area contributed by atoms with E-state index < -0.39 is 5.92 Å². The molecule has 1 unspecified atom stereocenters. The number of rotatable bonds is 4. The second-order valence-corrected chi connectivity index (χ2v) is 7.04. The molecule has 3 aromatic rings. The molecule has 8 nitrogen and oxygen atoms in total. The average molecular weight is 427 g/mol. The van der Waals surface area contributed by atoms with Crippen LogP contribution in [0.2, 0.25) is 0 Å². The lowest BCUT2D eigenvalue weighted by Crippen LogP contribution is -2.28. The van der Waals surface area contributed by atoms with E-state index >= 15 is 0 Å². The van der Waals surface area contributed by atoms with Crippen LogP contribution in [0.5, 0.6) is 0 Å². The highest BCUT2D eigenvalue weighted by Gasteiger charge is 2.35. The molecule has 0 aliphatic carbocycles. The van der Waals surface area contributed by atoms with Crippen molar-refractivity contribution in [2.45, 2.75) is 6.42 Å². The van der Waals surface area contributed by atoms with Crippen LogP contribution >= 0.6 is 15.9 Å². The van der Waals surface area contributed by atoms with Crippen molar-refractivity contribution in [1.29, 1.82) is 0 Å². The maximum Gasteiger partial charge on any atom is 0.229 e. The summed E-state index contributed by atoms with van der Waals surface area (Å²) in [6.45, 7) is 0.353. The summed E-state index contributed by atoms with van der Waals surface area (Å²) in [4.78, 5) is 34.7. The minimum absolute atomic E-state index is 0.0621. The van der Waals surface area contributed by atoms with Gasteiger partial charge in [0, 0.05) is 23.1 Å². The summed E-state index contributed by atoms with van der Waals surface area (Å²) >= 11 is 3.40. The first-order chi connectivity index (χ1) is 13.1. The third kappa shape index (κ3) is 3.72. The van der Waals surface area contributed by atoms with Gasteiger partial charge in [-0.15, -0.1) is 0 Å². The first-order valence-electron chi connectivity index (χ1n) is 8.28. The van der Waals surface area contributed by atoms with Crippen molar-refractivity contribution < 1.29 is 9.59 Å². The average Bonchev–Trinajstić information content (AvgIpc) is 3.32. The molecule has 9 heteroatoms. The molecule has 1 aromatic carbocycles. The quantitative estimate of drug-likeness (QED) is 0.691. The molecule has 4 rings (SSSR count). The number of hydrogen-bond donors (Lipinski definition) is 1.